The summed E-state index contributed by atoms with van der Waals surface area (Å²) in [5.74, 6) is 0.976. The molecule has 0 aliphatic carbocycles. The van der Waals surface area contributed by atoms with Crippen LogP contribution in [0.3, 0.4) is 0 Å². The molecule has 0 aromatic heterocycles. The molecule has 1 saturated heterocycles. The predicted molar refractivity (Wildman–Crippen MR) is 128 cm³/mol. The summed E-state index contributed by atoms with van der Waals surface area (Å²) in [4.78, 5) is 16.4. The Morgan fingerprint density at radius 1 is 0.906 bits per heavy atom. The normalized spacial score (nSPS) is 15.2. The molecule has 4 rings (SSSR count). The number of carbonyl (C=O) groups is 1. The van der Waals surface area contributed by atoms with Crippen molar-refractivity contribution in [1.29, 1.82) is 0 Å². The van der Waals surface area contributed by atoms with Gasteiger partial charge in [0, 0.05) is 11.3 Å². The van der Waals surface area contributed by atoms with Gasteiger partial charge in [0.15, 0.2) is 0 Å². The standard InChI is InChI=1S/C27H31N3O2/c1-22(27(31)30-18-16-29(17-19-30)20-23-8-4-2-5-9-23)28-25-12-14-26(15-13-25)32-21-24-10-6-3-7-11-24/h2-15,22,28H,16-21H2,1H3/p+1/t22-/m1/s1. The van der Waals surface area contributed by atoms with Crippen molar-refractivity contribution < 1.29 is 14.4 Å². The van der Waals surface area contributed by atoms with Crippen LogP contribution in [0, 0.1) is 0 Å². The smallest absolute Gasteiger partial charge is 0.245 e. The van der Waals surface area contributed by atoms with Crippen LogP contribution in [0.15, 0.2) is 84.9 Å². The first-order chi connectivity index (χ1) is 15.7. The number of hydrogen-bond donors (Lipinski definition) is 2. The van der Waals surface area contributed by atoms with E-state index in [1.54, 1.807) is 0 Å². The zero-order valence-corrected chi connectivity index (χ0v) is 18.7. The summed E-state index contributed by atoms with van der Waals surface area (Å²) in [5.41, 5.74) is 3.42. The van der Waals surface area contributed by atoms with Gasteiger partial charge < -0.3 is 19.9 Å². The highest BCUT2D eigenvalue weighted by Crippen LogP contribution is 2.18. The molecule has 2 N–H and O–H groups in total. The van der Waals surface area contributed by atoms with E-state index in [1.165, 1.54) is 10.5 Å². The first-order valence-electron chi connectivity index (χ1n) is 11.4. The van der Waals surface area contributed by atoms with Gasteiger partial charge in [0.2, 0.25) is 5.91 Å². The van der Waals surface area contributed by atoms with E-state index in [1.807, 2.05) is 66.4 Å². The second-order valence-corrected chi connectivity index (χ2v) is 8.40. The molecule has 1 aliphatic heterocycles. The minimum Gasteiger partial charge on any atom is -0.489 e. The van der Waals surface area contributed by atoms with Gasteiger partial charge in [-0.3, -0.25) is 4.79 Å². The number of anilines is 1. The largest absolute Gasteiger partial charge is 0.489 e. The summed E-state index contributed by atoms with van der Waals surface area (Å²) in [5, 5.41) is 3.34. The van der Waals surface area contributed by atoms with Crippen LogP contribution < -0.4 is 15.0 Å². The van der Waals surface area contributed by atoms with Gasteiger partial charge in [-0.2, -0.15) is 0 Å². The molecule has 5 heteroatoms. The van der Waals surface area contributed by atoms with E-state index >= 15 is 0 Å². The first kappa shape index (κ1) is 21.9. The van der Waals surface area contributed by atoms with Crippen molar-refractivity contribution in [1.82, 2.24) is 4.90 Å². The molecule has 32 heavy (non-hydrogen) atoms. The lowest BCUT2D eigenvalue weighted by atomic mass is 10.2. The van der Waals surface area contributed by atoms with Gasteiger partial charge in [-0.25, -0.2) is 0 Å². The molecule has 0 saturated carbocycles. The van der Waals surface area contributed by atoms with Crippen molar-refractivity contribution in [2.75, 3.05) is 31.5 Å². The molecule has 3 aromatic carbocycles. The van der Waals surface area contributed by atoms with E-state index in [2.05, 4.69) is 35.6 Å². The van der Waals surface area contributed by atoms with Crippen LogP contribution in [-0.4, -0.2) is 43.0 Å². The Balaban J connectivity index is 1.22. The Morgan fingerprint density at radius 2 is 1.50 bits per heavy atom. The Bertz CT molecular complexity index is 969. The van der Waals surface area contributed by atoms with Crippen LogP contribution in [0.25, 0.3) is 0 Å². The van der Waals surface area contributed by atoms with Crippen LogP contribution in [0.2, 0.25) is 0 Å². The lowest BCUT2D eigenvalue weighted by Crippen LogP contribution is -3.13. The molecular weight excluding hydrogens is 398 g/mol. The average Bonchev–Trinajstić information content (AvgIpc) is 2.85. The number of ether oxygens (including phenoxy) is 1. The third kappa shape index (κ3) is 6.11. The zero-order valence-electron chi connectivity index (χ0n) is 18.7. The number of nitrogens with one attached hydrogen (secondary N) is 2. The van der Waals surface area contributed by atoms with Gasteiger partial charge in [0.1, 0.15) is 24.9 Å². The third-order valence-corrected chi connectivity index (χ3v) is 5.94. The summed E-state index contributed by atoms with van der Waals surface area (Å²) < 4.78 is 5.84. The average molecular weight is 431 g/mol. The van der Waals surface area contributed by atoms with Crippen molar-refractivity contribution in [2.45, 2.75) is 26.1 Å². The molecule has 1 heterocycles. The van der Waals surface area contributed by atoms with Crippen LogP contribution in [-0.2, 0) is 17.9 Å². The monoisotopic (exact) mass is 430 g/mol. The summed E-state index contributed by atoms with van der Waals surface area (Å²) in [6, 6.07) is 28.2. The molecule has 1 aliphatic rings. The molecule has 1 fully saturated rings. The molecule has 3 aromatic rings. The van der Waals surface area contributed by atoms with Gasteiger partial charge >= 0.3 is 0 Å². The van der Waals surface area contributed by atoms with E-state index < -0.39 is 0 Å². The highest BCUT2D eigenvalue weighted by atomic mass is 16.5. The van der Waals surface area contributed by atoms with Gasteiger partial charge in [-0.05, 0) is 36.8 Å². The van der Waals surface area contributed by atoms with Crippen molar-refractivity contribution in [2.24, 2.45) is 0 Å². The fraction of sp³-hybridized carbons (Fsp3) is 0.296. The molecule has 1 atom stereocenters. The number of rotatable bonds is 8. The molecule has 0 unspecified atom stereocenters. The number of carbonyl (C=O) groups excluding carboxylic acids is 1. The van der Waals surface area contributed by atoms with E-state index in [0.29, 0.717) is 6.61 Å². The maximum atomic E-state index is 12.9. The molecule has 5 nitrogen and oxygen atoms in total. The van der Waals surface area contributed by atoms with Crippen LogP contribution in [0.1, 0.15) is 18.1 Å². The summed E-state index contributed by atoms with van der Waals surface area (Å²) in [6.07, 6.45) is 0. The van der Waals surface area contributed by atoms with Gasteiger partial charge in [0.25, 0.3) is 0 Å². The van der Waals surface area contributed by atoms with Crippen molar-refractivity contribution >= 4 is 11.6 Å². The maximum Gasteiger partial charge on any atom is 0.245 e. The number of amides is 1. The molecular formula is C27H32N3O2+. The van der Waals surface area contributed by atoms with Crippen molar-refractivity contribution in [3.63, 3.8) is 0 Å². The molecule has 0 spiro atoms. The SMILES string of the molecule is C[C@@H](Nc1ccc(OCc2ccccc2)cc1)C(=O)N1CC[NH+](Cc2ccccc2)CC1. The van der Waals surface area contributed by atoms with Gasteiger partial charge in [-0.1, -0.05) is 60.7 Å². The summed E-state index contributed by atoms with van der Waals surface area (Å²) >= 11 is 0. The number of benzene rings is 3. The minimum absolute atomic E-state index is 0.160. The fourth-order valence-corrected chi connectivity index (χ4v) is 4.08. The second kappa shape index (κ2) is 10.8. The third-order valence-electron chi connectivity index (χ3n) is 5.94. The molecule has 166 valence electrons. The lowest BCUT2D eigenvalue weighted by Gasteiger charge is -2.34. The Labute approximate surface area is 190 Å². The van der Waals surface area contributed by atoms with Crippen LogP contribution in [0.5, 0.6) is 5.75 Å². The van der Waals surface area contributed by atoms with Gasteiger partial charge in [-0.15, -0.1) is 0 Å². The fourth-order valence-electron chi connectivity index (χ4n) is 4.08. The molecule has 0 bridgehead atoms. The highest BCUT2D eigenvalue weighted by molar-refractivity contribution is 5.84. The number of quaternary nitrogens is 1. The van der Waals surface area contributed by atoms with Gasteiger partial charge in [0.05, 0.1) is 26.2 Å². The minimum atomic E-state index is -0.262. The highest BCUT2D eigenvalue weighted by Gasteiger charge is 2.26. The zero-order chi connectivity index (χ0) is 22.2. The Kier molecular flexibility index (Phi) is 7.41. The lowest BCUT2D eigenvalue weighted by molar-refractivity contribution is -0.917. The van der Waals surface area contributed by atoms with Crippen LogP contribution in [0.4, 0.5) is 5.69 Å². The number of nitrogens with zero attached hydrogens (tertiary/aromatic N) is 1. The number of hydrogen-bond acceptors (Lipinski definition) is 3. The number of piperazine rings is 1. The van der Waals surface area contributed by atoms with Crippen LogP contribution >= 0.6 is 0 Å². The van der Waals surface area contributed by atoms with Crippen molar-refractivity contribution in [3.05, 3.63) is 96.1 Å². The van der Waals surface area contributed by atoms with E-state index in [0.717, 1.165) is 49.7 Å². The Hall–Kier alpha value is -3.31. The Morgan fingerprint density at radius 3 is 2.12 bits per heavy atom. The van der Waals surface area contributed by atoms with E-state index in [-0.39, 0.29) is 11.9 Å². The van der Waals surface area contributed by atoms with E-state index in [4.69, 9.17) is 4.74 Å². The molecule has 1 amide bonds. The summed E-state index contributed by atoms with van der Waals surface area (Å²) in [6.45, 7) is 7.08. The predicted octanol–water partition coefficient (Wildman–Crippen LogP) is 2.99. The quantitative estimate of drug-likeness (QED) is 0.578. The van der Waals surface area contributed by atoms with E-state index in [9.17, 15) is 4.79 Å². The topological polar surface area (TPSA) is 46.0 Å². The molecule has 0 radical (unpaired) electrons. The van der Waals surface area contributed by atoms with Crippen molar-refractivity contribution in [3.8, 4) is 5.75 Å². The summed E-state index contributed by atoms with van der Waals surface area (Å²) in [7, 11) is 0. The second-order valence-electron chi connectivity index (χ2n) is 8.40. The first-order valence-corrected chi connectivity index (χ1v) is 11.4. The maximum absolute atomic E-state index is 12.9.